The summed E-state index contributed by atoms with van der Waals surface area (Å²) in [5, 5.41) is 13.6. The molecule has 138 valence electrons. The summed E-state index contributed by atoms with van der Waals surface area (Å²) in [5.74, 6) is -2.29. The number of hydrogen-bond donors (Lipinski definition) is 3. The van der Waals surface area contributed by atoms with Crippen LogP contribution in [0.4, 0.5) is 0 Å². The average Bonchev–Trinajstić information content (AvgIpc) is 2.49. The van der Waals surface area contributed by atoms with E-state index in [4.69, 9.17) is 14.2 Å². The molecule has 3 N–H and O–H groups in total. The summed E-state index contributed by atoms with van der Waals surface area (Å²) in [6.07, 6.45) is -1.15. The Morgan fingerprint density at radius 1 is 1.42 bits per heavy atom. The van der Waals surface area contributed by atoms with Crippen LogP contribution in [0.3, 0.4) is 0 Å². The first-order valence-corrected chi connectivity index (χ1v) is 8.83. The summed E-state index contributed by atoms with van der Waals surface area (Å²) in [4.78, 5) is 34.2. The Kier molecular flexibility index (Phi) is 6.91. The third-order valence-electron chi connectivity index (χ3n) is 3.38. The highest BCUT2D eigenvalue weighted by Gasteiger charge is 2.48. The summed E-state index contributed by atoms with van der Waals surface area (Å²) in [5.41, 5.74) is -0.794. The van der Waals surface area contributed by atoms with Gasteiger partial charge in [0.05, 0.1) is 20.1 Å². The molecule has 1 heterocycles. The molecular formula is C13H23N2O8P. The molecule has 24 heavy (non-hydrogen) atoms. The van der Waals surface area contributed by atoms with E-state index in [0.29, 0.717) is 0 Å². The minimum atomic E-state index is -3.95. The van der Waals surface area contributed by atoms with E-state index in [1.54, 1.807) is 13.8 Å². The summed E-state index contributed by atoms with van der Waals surface area (Å²) < 4.78 is 27.4. The second-order valence-electron chi connectivity index (χ2n) is 6.05. The van der Waals surface area contributed by atoms with Gasteiger partial charge in [-0.05, 0) is 6.92 Å². The largest absolute Gasteiger partial charge is 0.480 e. The van der Waals surface area contributed by atoms with Crippen LogP contribution >= 0.6 is 7.75 Å². The third kappa shape index (κ3) is 5.55. The molecule has 10 nitrogen and oxygen atoms in total. The lowest BCUT2D eigenvalue weighted by molar-refractivity contribution is -0.141. The zero-order valence-corrected chi connectivity index (χ0v) is 14.9. The lowest BCUT2D eigenvalue weighted by Crippen LogP contribution is -2.51. The Balaban J connectivity index is 2.75. The van der Waals surface area contributed by atoms with Gasteiger partial charge in [0.25, 0.3) is 0 Å². The van der Waals surface area contributed by atoms with Crippen molar-refractivity contribution < 1.29 is 37.8 Å². The fraction of sp³-hybridized carbons (Fsp3) is 0.769. The van der Waals surface area contributed by atoms with Crippen LogP contribution in [0.2, 0.25) is 0 Å². The number of amides is 1. The number of rotatable bonds is 7. The fourth-order valence-electron chi connectivity index (χ4n) is 1.88. The lowest BCUT2D eigenvalue weighted by Gasteiger charge is -2.40. The second kappa shape index (κ2) is 8.06. The van der Waals surface area contributed by atoms with E-state index in [1.807, 2.05) is 0 Å². The Bertz CT molecular complexity index is 550. The molecule has 0 aromatic heterocycles. The molecule has 1 aliphatic rings. The predicted molar refractivity (Wildman–Crippen MR) is 82.1 cm³/mol. The molecule has 1 unspecified atom stereocenters. The number of aliphatic carboxylic acids is 1. The molecule has 1 fully saturated rings. The molecule has 3 atom stereocenters. The SMILES string of the molecule is COC(=O)CCNC(=O)[C@@H]1O[P@](=O)(NC(C)C(=O)O)OCC1(C)C. The van der Waals surface area contributed by atoms with E-state index in [9.17, 15) is 18.9 Å². The molecule has 0 radical (unpaired) electrons. The summed E-state index contributed by atoms with van der Waals surface area (Å²) in [6, 6.07) is -1.18. The van der Waals surface area contributed by atoms with Crippen LogP contribution in [0, 0.1) is 5.41 Å². The average molecular weight is 366 g/mol. The molecule has 0 aromatic carbocycles. The smallest absolute Gasteiger partial charge is 0.407 e. The van der Waals surface area contributed by atoms with Crippen molar-refractivity contribution in [2.45, 2.75) is 39.3 Å². The molecule has 1 saturated heterocycles. The second-order valence-corrected chi connectivity index (χ2v) is 7.77. The van der Waals surface area contributed by atoms with Crippen LogP contribution in [0.5, 0.6) is 0 Å². The number of ether oxygens (including phenoxy) is 1. The minimum Gasteiger partial charge on any atom is -0.480 e. The van der Waals surface area contributed by atoms with Crippen LogP contribution in [0.15, 0.2) is 0 Å². The Morgan fingerprint density at radius 2 is 2.04 bits per heavy atom. The highest BCUT2D eigenvalue weighted by atomic mass is 31.2. The van der Waals surface area contributed by atoms with Gasteiger partial charge in [0.2, 0.25) is 5.91 Å². The van der Waals surface area contributed by atoms with Gasteiger partial charge in [-0.2, -0.15) is 0 Å². The van der Waals surface area contributed by atoms with Gasteiger partial charge >= 0.3 is 19.7 Å². The Hall–Kier alpha value is -1.48. The fourth-order valence-corrected chi connectivity index (χ4v) is 3.83. The van der Waals surface area contributed by atoms with Gasteiger partial charge < -0.3 is 15.2 Å². The molecule has 0 aliphatic carbocycles. The zero-order chi connectivity index (χ0) is 18.5. The molecule has 0 aromatic rings. The van der Waals surface area contributed by atoms with E-state index in [2.05, 4.69) is 15.1 Å². The van der Waals surface area contributed by atoms with Crippen LogP contribution in [-0.4, -0.2) is 55.4 Å². The maximum Gasteiger partial charge on any atom is 0.407 e. The van der Waals surface area contributed by atoms with Gasteiger partial charge in [0, 0.05) is 12.0 Å². The minimum absolute atomic E-state index is 0.0160. The number of carboxylic acid groups (broad SMARTS) is 1. The van der Waals surface area contributed by atoms with Crippen molar-refractivity contribution in [3.63, 3.8) is 0 Å². The Morgan fingerprint density at radius 3 is 2.58 bits per heavy atom. The number of methoxy groups -OCH3 is 1. The highest BCUT2D eigenvalue weighted by Crippen LogP contribution is 2.53. The maximum absolute atomic E-state index is 12.5. The van der Waals surface area contributed by atoms with Gasteiger partial charge in [-0.25, -0.2) is 9.65 Å². The zero-order valence-electron chi connectivity index (χ0n) is 14.0. The van der Waals surface area contributed by atoms with Crippen molar-refractivity contribution in [1.82, 2.24) is 10.4 Å². The topological polar surface area (TPSA) is 140 Å². The van der Waals surface area contributed by atoms with Crippen molar-refractivity contribution in [1.29, 1.82) is 0 Å². The van der Waals surface area contributed by atoms with E-state index in [0.717, 1.165) is 0 Å². The van der Waals surface area contributed by atoms with Gasteiger partial charge in [0.15, 0.2) is 6.10 Å². The first-order chi connectivity index (χ1) is 11.0. The highest BCUT2D eigenvalue weighted by molar-refractivity contribution is 7.51. The molecule has 1 rings (SSSR count). The first kappa shape index (κ1) is 20.6. The van der Waals surface area contributed by atoms with Crippen molar-refractivity contribution in [2.75, 3.05) is 20.3 Å². The van der Waals surface area contributed by atoms with Crippen LogP contribution in [-0.2, 0) is 32.7 Å². The van der Waals surface area contributed by atoms with Crippen LogP contribution in [0.1, 0.15) is 27.2 Å². The van der Waals surface area contributed by atoms with E-state index in [-0.39, 0.29) is 19.6 Å². The summed E-state index contributed by atoms with van der Waals surface area (Å²) in [7, 11) is -2.72. The number of carbonyl (C=O) groups is 3. The molecule has 11 heteroatoms. The maximum atomic E-state index is 12.5. The van der Waals surface area contributed by atoms with Crippen LogP contribution < -0.4 is 10.4 Å². The summed E-state index contributed by atoms with van der Waals surface area (Å²) >= 11 is 0. The van der Waals surface area contributed by atoms with Crippen molar-refractivity contribution in [3.05, 3.63) is 0 Å². The van der Waals surface area contributed by atoms with Gasteiger partial charge in [-0.3, -0.25) is 23.4 Å². The standard InChI is InChI=1S/C13H23N2O8P/c1-8(12(18)19)15-24(20)22-7-13(2,3)10(23-24)11(17)14-6-5-9(16)21-4/h8,10H,5-7H2,1-4H3,(H,14,17)(H,15,20)(H,18,19)/t8?,10-,24-/m0/s1. The van der Waals surface area contributed by atoms with E-state index < -0.39 is 43.2 Å². The molecule has 0 bridgehead atoms. The molecule has 0 saturated carbocycles. The van der Waals surface area contributed by atoms with E-state index in [1.165, 1.54) is 14.0 Å². The number of nitrogens with one attached hydrogen (secondary N) is 2. The monoisotopic (exact) mass is 366 g/mol. The summed E-state index contributed by atoms with van der Waals surface area (Å²) in [6.45, 7) is 4.60. The van der Waals surface area contributed by atoms with Crippen LogP contribution in [0.25, 0.3) is 0 Å². The molecule has 1 aliphatic heterocycles. The first-order valence-electron chi connectivity index (χ1n) is 7.29. The predicted octanol–water partition coefficient (Wildman–Crippen LogP) is 0.278. The van der Waals surface area contributed by atoms with Crippen molar-refractivity contribution in [3.8, 4) is 0 Å². The van der Waals surface area contributed by atoms with Gasteiger partial charge in [-0.1, -0.05) is 13.8 Å². The number of hydrogen-bond acceptors (Lipinski definition) is 7. The Labute approximate surface area is 139 Å². The third-order valence-corrected chi connectivity index (χ3v) is 5.04. The number of esters is 1. The quantitative estimate of drug-likeness (QED) is 0.428. The van der Waals surface area contributed by atoms with Crippen molar-refractivity contribution in [2.24, 2.45) is 5.41 Å². The van der Waals surface area contributed by atoms with Gasteiger partial charge in [0.1, 0.15) is 6.04 Å². The number of carboxylic acids is 1. The lowest BCUT2D eigenvalue weighted by atomic mass is 9.87. The molecule has 0 spiro atoms. The van der Waals surface area contributed by atoms with Crippen molar-refractivity contribution >= 4 is 25.6 Å². The number of carbonyl (C=O) groups excluding carboxylic acids is 2. The van der Waals surface area contributed by atoms with Gasteiger partial charge in [-0.15, -0.1) is 0 Å². The van der Waals surface area contributed by atoms with E-state index >= 15 is 0 Å². The molecular weight excluding hydrogens is 343 g/mol. The normalized spacial score (nSPS) is 27.1. The molecule has 1 amide bonds.